The highest BCUT2D eigenvalue weighted by Gasteiger charge is 2.41. The highest BCUT2D eigenvalue weighted by Crippen LogP contribution is 2.48. The Morgan fingerprint density at radius 2 is 0.791 bits per heavy atom. The van der Waals surface area contributed by atoms with Crippen molar-refractivity contribution in [2.24, 2.45) is 71.0 Å². The molecule has 0 bridgehead atoms. The van der Waals surface area contributed by atoms with Crippen LogP contribution in [0.1, 0.15) is 180 Å². The van der Waals surface area contributed by atoms with E-state index < -0.39 is 30.4 Å². The van der Waals surface area contributed by atoms with Crippen LogP contribution in [0.2, 0.25) is 0 Å². The Bertz CT molecular complexity index is 1580. The van der Waals surface area contributed by atoms with Gasteiger partial charge >= 0.3 is 29.8 Å². The molecule has 67 heavy (non-hydrogen) atoms. The second kappa shape index (κ2) is 25.4. The predicted molar refractivity (Wildman–Crippen MR) is 249 cm³/mol. The van der Waals surface area contributed by atoms with E-state index in [9.17, 15) is 29.1 Å². The first-order chi connectivity index (χ1) is 32.6. The molecule has 0 aromatic carbocycles. The zero-order valence-corrected chi connectivity index (χ0v) is 40.6. The monoisotopic (exact) mass is 940 g/mol. The fraction of sp³-hybridized carbons (Fsp3) is 0.907. The first-order valence-electron chi connectivity index (χ1n) is 27.5. The molecule has 8 rings (SSSR count). The second-order valence-electron chi connectivity index (χ2n) is 22.7. The molecule has 0 heterocycles. The van der Waals surface area contributed by atoms with Crippen molar-refractivity contribution >= 4 is 29.8 Å². The van der Waals surface area contributed by atoms with E-state index in [1.165, 1.54) is 77.0 Å². The molecule has 8 fully saturated rings. The van der Waals surface area contributed by atoms with Crippen LogP contribution in [0, 0.1) is 71.0 Å². The van der Waals surface area contributed by atoms with Gasteiger partial charge in [-0.1, -0.05) is 77.0 Å². The van der Waals surface area contributed by atoms with Gasteiger partial charge < -0.3 is 38.8 Å². The Kier molecular flexibility index (Phi) is 19.2. The van der Waals surface area contributed by atoms with E-state index in [0.29, 0.717) is 49.6 Å². The Morgan fingerprint density at radius 1 is 0.433 bits per heavy atom. The lowest BCUT2D eigenvalue weighted by Crippen LogP contribution is -2.37. The lowest BCUT2D eigenvalue weighted by atomic mass is 9.75. The van der Waals surface area contributed by atoms with Crippen LogP contribution in [-0.4, -0.2) is 93.0 Å². The Labute approximate surface area is 400 Å². The summed E-state index contributed by atoms with van der Waals surface area (Å²) >= 11 is 0. The Balaban J connectivity index is 0.736. The standard InChI is InChI=1S/C54H85NO12/c56-49(66-47(31-62-51(58)43-21-17-35-7-1-11-39(35)27-43)32-63-52(59)44-22-18-36-8-2-12-40(36)28-44)15-5-25-55-26-6-16-50(57)67-48(33-64-53(60)45-23-19-37-9-3-13-41(37)29-45)34-65-54(61)46-24-20-38-10-4-14-42(38)30-46/h35-48,51,55,58H,1-34H2. The number of hydrogen-bond acceptors (Lipinski definition) is 13. The van der Waals surface area contributed by atoms with Gasteiger partial charge in [0.2, 0.25) is 0 Å². The van der Waals surface area contributed by atoms with E-state index in [0.717, 1.165) is 101 Å². The van der Waals surface area contributed by atoms with Crippen molar-refractivity contribution in [2.75, 3.05) is 39.5 Å². The largest absolute Gasteiger partial charge is 0.461 e. The maximum absolute atomic E-state index is 13.2. The van der Waals surface area contributed by atoms with E-state index in [-0.39, 0.29) is 80.8 Å². The van der Waals surface area contributed by atoms with Crippen molar-refractivity contribution in [1.82, 2.24) is 5.32 Å². The summed E-state index contributed by atoms with van der Waals surface area (Å²) in [5.74, 6) is 3.47. The van der Waals surface area contributed by atoms with Crippen molar-refractivity contribution in [3.8, 4) is 0 Å². The average Bonchev–Trinajstić information content (AvgIpc) is 4.19. The third kappa shape index (κ3) is 14.6. The van der Waals surface area contributed by atoms with Gasteiger partial charge in [0, 0.05) is 18.8 Å². The second-order valence-corrected chi connectivity index (χ2v) is 22.7. The minimum absolute atomic E-state index is 0.0388. The highest BCUT2D eigenvalue weighted by atomic mass is 16.6. The summed E-state index contributed by atoms with van der Waals surface area (Å²) in [7, 11) is 0. The molecule has 378 valence electrons. The van der Waals surface area contributed by atoms with Crippen LogP contribution in [0.15, 0.2) is 0 Å². The maximum atomic E-state index is 13.2. The van der Waals surface area contributed by atoms with Gasteiger partial charge in [-0.15, -0.1) is 0 Å². The number of carbonyl (C=O) groups excluding carboxylic acids is 5. The van der Waals surface area contributed by atoms with E-state index in [1.54, 1.807) is 0 Å². The number of aliphatic hydroxyl groups excluding tert-OH is 1. The predicted octanol–water partition coefficient (Wildman–Crippen LogP) is 8.79. The summed E-state index contributed by atoms with van der Waals surface area (Å²) in [6, 6.07) is 0. The zero-order chi connectivity index (χ0) is 46.5. The summed E-state index contributed by atoms with van der Waals surface area (Å²) in [6.45, 7) is 0.632. The van der Waals surface area contributed by atoms with Crippen molar-refractivity contribution in [1.29, 1.82) is 0 Å². The maximum Gasteiger partial charge on any atom is 0.309 e. The number of esters is 5. The molecule has 2 N–H and O–H groups in total. The van der Waals surface area contributed by atoms with Crippen LogP contribution in [-0.2, 0) is 52.4 Å². The summed E-state index contributed by atoms with van der Waals surface area (Å²) < 4.78 is 34.9. The van der Waals surface area contributed by atoms with Gasteiger partial charge in [0.05, 0.1) is 24.4 Å². The van der Waals surface area contributed by atoms with E-state index >= 15 is 0 Å². The molecule has 14 unspecified atom stereocenters. The molecule has 0 aliphatic heterocycles. The van der Waals surface area contributed by atoms with Crippen LogP contribution < -0.4 is 5.32 Å². The summed E-state index contributed by atoms with van der Waals surface area (Å²) in [4.78, 5) is 65.8. The van der Waals surface area contributed by atoms with Gasteiger partial charge in [0.1, 0.15) is 19.8 Å². The summed E-state index contributed by atoms with van der Waals surface area (Å²) in [5, 5.41) is 14.3. The van der Waals surface area contributed by atoms with Crippen LogP contribution >= 0.6 is 0 Å². The van der Waals surface area contributed by atoms with Crippen LogP contribution in [0.25, 0.3) is 0 Å². The van der Waals surface area contributed by atoms with Gasteiger partial charge in [-0.25, -0.2) is 0 Å². The Hall–Kier alpha value is -2.77. The van der Waals surface area contributed by atoms with Crippen molar-refractivity contribution in [3.63, 3.8) is 0 Å². The van der Waals surface area contributed by atoms with E-state index in [4.69, 9.17) is 28.4 Å². The normalized spacial score (nSPS) is 34.6. The number of rotatable bonds is 23. The fourth-order valence-electron chi connectivity index (χ4n) is 14.5. The SMILES string of the molecule is O=C(CCCNCCCC(=O)OC(COC(=O)C1CCC2CCCC2C1)COC(O)C1CCC2CCCC2C1)OC(COC(=O)C1CCC2CCCC2C1)COC(=O)C1CCC2CCCC2C1. The smallest absolute Gasteiger partial charge is 0.309 e. The first kappa shape index (κ1) is 50.6. The summed E-state index contributed by atoms with van der Waals surface area (Å²) in [6.07, 6.45) is 24.7. The third-order valence-corrected chi connectivity index (χ3v) is 18.4. The van der Waals surface area contributed by atoms with Crippen LogP contribution in [0.5, 0.6) is 0 Å². The van der Waals surface area contributed by atoms with Crippen molar-refractivity contribution in [2.45, 2.75) is 198 Å². The molecule has 0 spiro atoms. The number of hydrogen-bond donors (Lipinski definition) is 2. The minimum atomic E-state index is -0.949. The first-order valence-corrected chi connectivity index (χ1v) is 27.5. The molecular formula is C54H85NO12. The zero-order valence-electron chi connectivity index (χ0n) is 40.6. The van der Waals surface area contributed by atoms with Gasteiger partial charge in [-0.3, -0.25) is 24.0 Å². The van der Waals surface area contributed by atoms with E-state index in [2.05, 4.69) is 5.32 Å². The molecule has 13 nitrogen and oxygen atoms in total. The molecule has 8 aliphatic rings. The van der Waals surface area contributed by atoms with E-state index in [1.807, 2.05) is 0 Å². The number of carbonyl (C=O) groups is 5. The van der Waals surface area contributed by atoms with Gasteiger partial charge in [0.15, 0.2) is 18.5 Å². The van der Waals surface area contributed by atoms with Gasteiger partial charge in [-0.05, 0) is 150 Å². The molecule has 8 aliphatic carbocycles. The highest BCUT2D eigenvalue weighted by molar-refractivity contribution is 5.74. The van der Waals surface area contributed by atoms with Gasteiger partial charge in [0.25, 0.3) is 0 Å². The Morgan fingerprint density at radius 3 is 1.21 bits per heavy atom. The quantitative estimate of drug-likeness (QED) is 0.0431. The topological polar surface area (TPSA) is 173 Å². The third-order valence-electron chi connectivity index (χ3n) is 18.4. The lowest BCUT2D eigenvalue weighted by Gasteiger charge is -2.34. The molecule has 0 amide bonds. The van der Waals surface area contributed by atoms with Crippen molar-refractivity contribution < 1.29 is 57.5 Å². The molecule has 0 aromatic rings. The molecule has 13 heteroatoms. The molecule has 0 aromatic heterocycles. The molecular weight excluding hydrogens is 855 g/mol. The molecule has 0 radical (unpaired) electrons. The number of ether oxygens (including phenoxy) is 6. The summed E-state index contributed by atoms with van der Waals surface area (Å²) in [5.41, 5.74) is 0. The molecule has 0 saturated heterocycles. The number of aliphatic hydroxyl groups is 1. The molecule has 14 atom stereocenters. The number of fused-ring (bicyclic) bond motifs is 4. The van der Waals surface area contributed by atoms with Gasteiger partial charge in [-0.2, -0.15) is 0 Å². The van der Waals surface area contributed by atoms with Crippen LogP contribution in [0.4, 0.5) is 0 Å². The number of nitrogens with one attached hydrogen (secondary N) is 1. The fourth-order valence-corrected chi connectivity index (χ4v) is 14.5. The minimum Gasteiger partial charge on any atom is -0.461 e. The van der Waals surface area contributed by atoms with Crippen molar-refractivity contribution in [3.05, 3.63) is 0 Å². The average molecular weight is 940 g/mol. The van der Waals surface area contributed by atoms with Crippen LogP contribution in [0.3, 0.4) is 0 Å². The lowest BCUT2D eigenvalue weighted by molar-refractivity contribution is -0.185. The molecule has 8 saturated carbocycles.